The molecule has 0 saturated heterocycles. The topological polar surface area (TPSA) is 17.1 Å². The minimum Gasteiger partial charge on any atom is -0.289 e. The molecule has 0 amide bonds. The van der Waals surface area contributed by atoms with E-state index in [0.717, 1.165) is 39.0 Å². The van der Waals surface area contributed by atoms with Crippen molar-refractivity contribution in [2.45, 2.75) is 23.2 Å². The number of hydrogen-bond acceptors (Lipinski definition) is 1. The average molecular weight is 1800 g/mol. The highest BCUT2D eigenvalue weighted by Gasteiger charge is 2.57. The molecule has 1 heteroatoms. The summed E-state index contributed by atoms with van der Waals surface area (Å²) in [5.74, 6) is 0.0209. The van der Waals surface area contributed by atoms with E-state index >= 15 is 4.79 Å². The smallest absolute Gasteiger partial charge is 0.192 e. The summed E-state index contributed by atoms with van der Waals surface area (Å²) in [5, 5.41) is 21.9. The molecule has 0 heterocycles. The molecule has 1 nitrogen and oxygen atoms in total. The fraction of sp³-hybridized carbons (Fsp3) is 0.0284. The maximum absolute atomic E-state index is 16.6. The Kier molecular flexibility index (Phi) is 17.5. The molecule has 0 bridgehead atoms. The van der Waals surface area contributed by atoms with Crippen molar-refractivity contribution in [2.24, 2.45) is 0 Å². The molecule has 142 heavy (non-hydrogen) atoms. The molecule has 0 aromatic heterocycles. The Bertz CT molecular complexity index is 9860. The molecule has 0 aliphatic heterocycles. The van der Waals surface area contributed by atoms with Gasteiger partial charge in [0.2, 0.25) is 0 Å². The van der Waals surface area contributed by atoms with Gasteiger partial charge in [-0.15, -0.1) is 0 Å². The molecule has 5 aliphatic rings. The van der Waals surface area contributed by atoms with E-state index in [0.29, 0.717) is 12.0 Å². The first-order valence-electron chi connectivity index (χ1n) is 49.7. The van der Waals surface area contributed by atoms with Crippen LogP contribution in [0.3, 0.4) is 0 Å². The van der Waals surface area contributed by atoms with Crippen molar-refractivity contribution in [1.82, 2.24) is 0 Å². The maximum Gasteiger partial charge on any atom is 0.192 e. The highest BCUT2D eigenvalue weighted by atomic mass is 16.1. The standard InChI is InChI=1S/C141H86O/c142-139(108-61-67-121-119-34-13-17-38-133(119)140(137(121)81-108)131-36-15-11-32-117(131)118-33-12-16-37-132(118)140)109-62-68-122-120-35-14-18-39-134(120)141(138(122)82-109)135-69-63-105(78-130(135)123-66-60-106(80-136(123)141)103-58-64-111-110(76-103)79-124(113-29-8-7-28-112(111)113)107-27-19-26-95(75-107)98-54-55-102-74-101(57-56-100(102)73-98)99-53-46-87-22-3-6-25-94(87)72-99)104-59-65-116-127(77-104)126(91-49-42-89(43-50-91)97-52-45-86-21-2-5-24-93(86)71-97)84-128-115-31-10-9-30-114(115)125(83-129(116)128)90-47-40-88(41-48-90)96-51-44-85-20-1-4-23-92(85)70-96/h1-67,69-84,122H,68H2. The van der Waals surface area contributed by atoms with Crippen molar-refractivity contribution in [1.29, 1.82) is 0 Å². The zero-order valence-corrected chi connectivity index (χ0v) is 77.6. The van der Waals surface area contributed by atoms with Gasteiger partial charge < -0.3 is 0 Å². The lowest BCUT2D eigenvalue weighted by molar-refractivity contribution is 0.103. The Morgan fingerprint density at radius 3 is 1.12 bits per heavy atom. The van der Waals surface area contributed by atoms with Crippen LogP contribution in [0, 0.1) is 0 Å². The monoisotopic (exact) mass is 1790 g/mol. The van der Waals surface area contributed by atoms with Gasteiger partial charge in [-0.2, -0.15) is 0 Å². The lowest BCUT2D eigenvalue weighted by atomic mass is 9.67. The third-order valence-corrected chi connectivity index (χ3v) is 32.6. The molecule has 2 unspecified atom stereocenters. The number of fused-ring (bicyclic) bond motifs is 32. The average Bonchev–Trinajstić information content (AvgIpc) is 1.50. The lowest BCUT2D eigenvalue weighted by Gasteiger charge is -2.34. The summed E-state index contributed by atoms with van der Waals surface area (Å²) in [6.45, 7) is 0. The fourth-order valence-corrected chi connectivity index (χ4v) is 26.0. The molecule has 2 atom stereocenters. The molecular weight excluding hydrogens is 1710 g/mol. The van der Waals surface area contributed by atoms with Gasteiger partial charge in [-0.3, -0.25) is 4.79 Å². The zero-order chi connectivity index (χ0) is 93.2. The molecule has 0 radical (unpaired) electrons. The van der Waals surface area contributed by atoms with Crippen LogP contribution in [0.1, 0.15) is 67.2 Å². The molecule has 0 saturated carbocycles. The molecule has 30 rings (SSSR count). The van der Waals surface area contributed by atoms with Crippen LogP contribution in [0.15, 0.2) is 515 Å². The highest BCUT2D eigenvalue weighted by Crippen LogP contribution is 2.68. The van der Waals surface area contributed by atoms with Crippen molar-refractivity contribution in [3.05, 3.63) is 565 Å². The molecule has 0 fully saturated rings. The Hall–Kier alpha value is -18.0. The van der Waals surface area contributed by atoms with Gasteiger partial charge in [0.05, 0.1) is 10.8 Å². The van der Waals surface area contributed by atoms with Gasteiger partial charge in [0.1, 0.15) is 0 Å². The number of allylic oxidation sites excluding steroid dienone is 4. The summed E-state index contributed by atoms with van der Waals surface area (Å²) in [4.78, 5) is 16.6. The molecule has 25 aromatic rings. The van der Waals surface area contributed by atoms with Gasteiger partial charge in [-0.1, -0.05) is 413 Å². The Labute approximate surface area is 822 Å². The maximum atomic E-state index is 16.6. The minimum atomic E-state index is -0.802. The van der Waals surface area contributed by atoms with E-state index < -0.39 is 10.8 Å². The second-order valence-corrected chi connectivity index (χ2v) is 39.7. The largest absolute Gasteiger partial charge is 0.289 e. The Morgan fingerprint density at radius 1 is 0.183 bits per heavy atom. The molecule has 0 N–H and O–H groups in total. The number of carbonyl (C=O) groups is 1. The quantitative estimate of drug-likeness (QED) is 0.0932. The molecule has 25 aromatic carbocycles. The van der Waals surface area contributed by atoms with E-state index in [1.807, 2.05) is 0 Å². The molecule has 2 spiro atoms. The number of hydrogen-bond donors (Lipinski definition) is 0. The number of Topliss-reactive ketones (excluding diaryl/α,β-unsaturated/α-hetero) is 1. The van der Waals surface area contributed by atoms with E-state index in [4.69, 9.17) is 0 Å². The van der Waals surface area contributed by atoms with Gasteiger partial charge in [-0.25, -0.2) is 0 Å². The predicted octanol–water partition coefficient (Wildman–Crippen LogP) is 37.0. The number of rotatable bonds is 11. The highest BCUT2D eigenvalue weighted by molar-refractivity contribution is 6.25. The van der Waals surface area contributed by atoms with Crippen LogP contribution in [-0.4, -0.2) is 5.78 Å². The van der Waals surface area contributed by atoms with Crippen LogP contribution in [-0.2, 0) is 10.8 Å². The first kappa shape index (κ1) is 80.1. The van der Waals surface area contributed by atoms with Crippen molar-refractivity contribution >= 4 is 103 Å². The predicted molar refractivity (Wildman–Crippen MR) is 595 cm³/mol. The summed E-state index contributed by atoms with van der Waals surface area (Å²) in [7, 11) is 0. The van der Waals surface area contributed by atoms with Crippen LogP contribution in [0.5, 0.6) is 0 Å². The van der Waals surface area contributed by atoms with Gasteiger partial charge in [0.15, 0.2) is 5.78 Å². The fourth-order valence-electron chi connectivity index (χ4n) is 26.0. The van der Waals surface area contributed by atoms with Gasteiger partial charge >= 0.3 is 0 Å². The number of carbonyl (C=O) groups excluding carboxylic acids is 1. The summed E-state index contributed by atoms with van der Waals surface area (Å²) in [6, 6.07) is 185. The number of benzene rings is 25. The summed E-state index contributed by atoms with van der Waals surface area (Å²) < 4.78 is 0. The normalized spacial score (nSPS) is 14.9. The van der Waals surface area contributed by atoms with Crippen molar-refractivity contribution in [3.63, 3.8) is 0 Å². The first-order chi connectivity index (χ1) is 70.2. The first-order valence-corrected chi connectivity index (χ1v) is 49.7. The molecule has 5 aliphatic carbocycles. The van der Waals surface area contributed by atoms with E-state index in [-0.39, 0.29) is 11.7 Å². The van der Waals surface area contributed by atoms with Crippen LogP contribution >= 0.6 is 0 Å². The van der Waals surface area contributed by atoms with Gasteiger partial charge in [-0.05, 0) is 378 Å². The van der Waals surface area contributed by atoms with Crippen LogP contribution in [0.4, 0.5) is 0 Å². The zero-order valence-electron chi connectivity index (χ0n) is 77.6. The van der Waals surface area contributed by atoms with E-state index in [9.17, 15) is 0 Å². The van der Waals surface area contributed by atoms with Crippen molar-refractivity contribution in [2.75, 3.05) is 0 Å². The van der Waals surface area contributed by atoms with Gasteiger partial charge in [0.25, 0.3) is 0 Å². The van der Waals surface area contributed by atoms with Crippen LogP contribution in [0.25, 0.3) is 230 Å². The Balaban J connectivity index is 0.580. The second kappa shape index (κ2) is 31.0. The Morgan fingerprint density at radius 2 is 0.542 bits per heavy atom. The van der Waals surface area contributed by atoms with Crippen LogP contribution in [0.2, 0.25) is 0 Å². The van der Waals surface area contributed by atoms with Crippen molar-refractivity contribution < 1.29 is 4.79 Å². The summed E-state index contributed by atoms with van der Waals surface area (Å²) in [6.07, 6.45) is 5.29. The summed E-state index contributed by atoms with van der Waals surface area (Å²) in [5.41, 5.74) is 39.6. The minimum absolute atomic E-state index is 0.0103. The van der Waals surface area contributed by atoms with Crippen molar-refractivity contribution in [3.8, 4) is 134 Å². The second-order valence-electron chi connectivity index (χ2n) is 39.7. The number of ketones is 1. The van der Waals surface area contributed by atoms with Crippen LogP contribution < -0.4 is 0 Å². The van der Waals surface area contributed by atoms with E-state index in [1.54, 1.807) is 0 Å². The molecule has 656 valence electrons. The third-order valence-electron chi connectivity index (χ3n) is 32.6. The van der Waals surface area contributed by atoms with Gasteiger partial charge in [0, 0.05) is 17.1 Å². The lowest BCUT2D eigenvalue weighted by Crippen LogP contribution is -2.28. The summed E-state index contributed by atoms with van der Waals surface area (Å²) >= 11 is 0. The SMILES string of the molecule is O=C(C1=CCC2C(=C1)C1(c3ccc(-c4ccc5c(c4)c(-c4ccc(-c6ccc7ccccc7c6)cc4)cc4c6ccccc6c(-c6ccc(-c7ccc8ccccc8c7)cc6)cc54)cc3-c3ccc(-c4ccc5c(c4)cc(-c4cccc(-c6ccc7cc(-c8ccc9ccccc9c8)ccc7c6)c4)c4ccccc45)cc31)c1ccccc12)c1ccc2c(c1)C1(c3ccccc3-c3ccccc31)c1ccccc1-2. The third kappa shape index (κ3) is 12.0. The van der Waals surface area contributed by atoms with E-state index in [1.165, 1.54) is 247 Å². The molecular formula is C141H86O. The van der Waals surface area contributed by atoms with E-state index in [2.05, 4.69) is 504 Å².